The summed E-state index contributed by atoms with van der Waals surface area (Å²) in [7, 11) is 0. The molecule has 2 rings (SSSR count). The lowest BCUT2D eigenvalue weighted by atomic mass is 10.2. The molecule has 1 atom stereocenters. The van der Waals surface area contributed by atoms with Crippen molar-refractivity contribution in [2.75, 3.05) is 10.6 Å². The topological polar surface area (TPSA) is 54.0 Å². The van der Waals surface area contributed by atoms with Gasteiger partial charge in [0.15, 0.2) is 0 Å². The van der Waals surface area contributed by atoms with Crippen molar-refractivity contribution >= 4 is 40.6 Å². The number of aromatic nitrogens is 1. The van der Waals surface area contributed by atoms with Gasteiger partial charge in [0.05, 0.1) is 5.02 Å². The van der Waals surface area contributed by atoms with Crippen molar-refractivity contribution in [3.8, 4) is 0 Å². The molecule has 0 bridgehead atoms. The molecule has 0 spiro atoms. The summed E-state index contributed by atoms with van der Waals surface area (Å²) < 4.78 is 0. The summed E-state index contributed by atoms with van der Waals surface area (Å²) in [5.41, 5.74) is 1.73. The molecule has 1 amide bonds. The summed E-state index contributed by atoms with van der Waals surface area (Å²) in [6.45, 7) is 3.67. The summed E-state index contributed by atoms with van der Waals surface area (Å²) in [5, 5.41) is 7.03. The van der Waals surface area contributed by atoms with E-state index in [2.05, 4.69) is 15.6 Å². The number of benzene rings is 1. The van der Waals surface area contributed by atoms with Crippen LogP contribution in [0.1, 0.15) is 12.5 Å². The molecule has 2 aromatic rings. The van der Waals surface area contributed by atoms with Crippen LogP contribution in [0, 0.1) is 6.92 Å². The maximum Gasteiger partial charge on any atom is 0.247 e. The van der Waals surface area contributed by atoms with Gasteiger partial charge in [-0.3, -0.25) is 4.79 Å². The van der Waals surface area contributed by atoms with Gasteiger partial charge in [0.1, 0.15) is 11.9 Å². The van der Waals surface area contributed by atoms with Crippen LogP contribution < -0.4 is 10.6 Å². The van der Waals surface area contributed by atoms with Crippen molar-refractivity contribution < 1.29 is 4.79 Å². The summed E-state index contributed by atoms with van der Waals surface area (Å²) >= 11 is 11.8. The highest BCUT2D eigenvalue weighted by molar-refractivity contribution is 6.31. The zero-order chi connectivity index (χ0) is 15.4. The van der Waals surface area contributed by atoms with Crippen LogP contribution in [0.15, 0.2) is 36.5 Å². The second-order valence-electron chi connectivity index (χ2n) is 4.63. The quantitative estimate of drug-likeness (QED) is 0.889. The summed E-state index contributed by atoms with van der Waals surface area (Å²) in [6.07, 6.45) is 1.48. The molecule has 0 unspecified atom stereocenters. The molecule has 2 N–H and O–H groups in total. The number of carbonyl (C=O) groups is 1. The van der Waals surface area contributed by atoms with Gasteiger partial charge >= 0.3 is 0 Å². The smallest absolute Gasteiger partial charge is 0.247 e. The molecule has 4 nitrogen and oxygen atoms in total. The molecule has 0 aliphatic heterocycles. The molecule has 0 saturated heterocycles. The normalized spacial score (nSPS) is 11.8. The van der Waals surface area contributed by atoms with Gasteiger partial charge in [0.25, 0.3) is 0 Å². The van der Waals surface area contributed by atoms with E-state index in [-0.39, 0.29) is 5.91 Å². The zero-order valence-electron chi connectivity index (χ0n) is 11.7. The maximum atomic E-state index is 12.1. The fourth-order valence-electron chi connectivity index (χ4n) is 1.75. The van der Waals surface area contributed by atoms with Gasteiger partial charge in [-0.2, -0.15) is 0 Å². The molecule has 1 aromatic carbocycles. The second-order valence-corrected chi connectivity index (χ2v) is 5.47. The number of rotatable bonds is 4. The van der Waals surface area contributed by atoms with Crippen molar-refractivity contribution in [3.05, 3.63) is 52.1 Å². The summed E-state index contributed by atoms with van der Waals surface area (Å²) in [4.78, 5) is 16.1. The van der Waals surface area contributed by atoms with Crippen LogP contribution in [0.3, 0.4) is 0 Å². The van der Waals surface area contributed by atoms with Crippen LogP contribution in [0.2, 0.25) is 10.0 Å². The first kappa shape index (κ1) is 15.6. The third kappa shape index (κ3) is 4.09. The lowest BCUT2D eigenvalue weighted by molar-refractivity contribution is -0.116. The van der Waals surface area contributed by atoms with Crippen LogP contribution in [-0.2, 0) is 4.79 Å². The molecule has 6 heteroatoms. The van der Waals surface area contributed by atoms with E-state index in [0.717, 1.165) is 11.3 Å². The number of nitrogens with zero attached hydrogens (tertiary/aromatic N) is 1. The number of anilines is 2. The molecule has 0 radical (unpaired) electrons. The Labute approximate surface area is 133 Å². The fraction of sp³-hybridized carbons (Fsp3) is 0.200. The van der Waals surface area contributed by atoms with E-state index in [4.69, 9.17) is 23.2 Å². The first-order valence-electron chi connectivity index (χ1n) is 6.41. The molecule has 0 fully saturated rings. The van der Waals surface area contributed by atoms with Crippen LogP contribution in [0.5, 0.6) is 0 Å². The van der Waals surface area contributed by atoms with Crippen molar-refractivity contribution in [1.29, 1.82) is 0 Å². The minimum atomic E-state index is -0.431. The fourth-order valence-corrected chi connectivity index (χ4v) is 2.03. The standard InChI is InChI=1S/C15H15Cl2N3O/c1-9-12(17)4-3-5-13(9)19-10(2)15(21)20-14-7-6-11(16)8-18-14/h3-8,10,19H,1-2H3,(H,18,20,21)/t10-/m0/s1. The van der Waals surface area contributed by atoms with E-state index < -0.39 is 6.04 Å². The van der Waals surface area contributed by atoms with Gasteiger partial charge in [-0.05, 0) is 43.7 Å². The number of nitrogens with one attached hydrogen (secondary N) is 2. The third-order valence-corrected chi connectivity index (χ3v) is 3.64. The van der Waals surface area contributed by atoms with Gasteiger partial charge in [-0.15, -0.1) is 0 Å². The average Bonchev–Trinajstić information content (AvgIpc) is 2.46. The van der Waals surface area contributed by atoms with E-state index in [0.29, 0.717) is 15.9 Å². The van der Waals surface area contributed by atoms with Gasteiger partial charge in [0, 0.05) is 16.9 Å². The maximum absolute atomic E-state index is 12.1. The van der Waals surface area contributed by atoms with Gasteiger partial charge < -0.3 is 10.6 Å². The number of halogens is 2. The van der Waals surface area contributed by atoms with Gasteiger partial charge in [-0.25, -0.2) is 4.98 Å². The molecular weight excluding hydrogens is 309 g/mol. The van der Waals surface area contributed by atoms with Gasteiger partial charge in [-0.1, -0.05) is 29.3 Å². The Morgan fingerprint density at radius 2 is 2.00 bits per heavy atom. The van der Waals surface area contributed by atoms with E-state index in [9.17, 15) is 4.79 Å². The number of hydrogen-bond acceptors (Lipinski definition) is 3. The van der Waals surface area contributed by atoms with Crippen molar-refractivity contribution in [3.63, 3.8) is 0 Å². The highest BCUT2D eigenvalue weighted by Crippen LogP contribution is 2.23. The minimum Gasteiger partial charge on any atom is -0.374 e. The van der Waals surface area contributed by atoms with E-state index in [1.165, 1.54) is 6.20 Å². The van der Waals surface area contributed by atoms with Crippen LogP contribution in [0.4, 0.5) is 11.5 Å². The molecule has 0 saturated carbocycles. The Balaban J connectivity index is 2.02. The van der Waals surface area contributed by atoms with E-state index in [1.54, 1.807) is 19.1 Å². The number of hydrogen-bond donors (Lipinski definition) is 2. The average molecular weight is 324 g/mol. The third-order valence-electron chi connectivity index (χ3n) is 3.01. The first-order valence-corrected chi connectivity index (χ1v) is 7.17. The minimum absolute atomic E-state index is 0.191. The Hall–Kier alpha value is -1.78. The predicted molar refractivity (Wildman–Crippen MR) is 87.2 cm³/mol. The Morgan fingerprint density at radius 3 is 2.67 bits per heavy atom. The SMILES string of the molecule is Cc1c(Cl)cccc1N[C@@H](C)C(=O)Nc1ccc(Cl)cn1. The lowest BCUT2D eigenvalue weighted by Gasteiger charge is -2.17. The Kier molecular flexibility index (Phi) is 5.04. The molecule has 0 aliphatic rings. The molecule has 0 aliphatic carbocycles. The molecule has 21 heavy (non-hydrogen) atoms. The first-order chi connectivity index (χ1) is 9.97. The Morgan fingerprint density at radius 1 is 1.24 bits per heavy atom. The highest BCUT2D eigenvalue weighted by atomic mass is 35.5. The van der Waals surface area contributed by atoms with Crippen LogP contribution >= 0.6 is 23.2 Å². The Bertz CT molecular complexity index is 644. The number of amides is 1. The monoisotopic (exact) mass is 323 g/mol. The second kappa shape index (κ2) is 6.78. The van der Waals surface area contributed by atoms with Crippen molar-refractivity contribution in [2.24, 2.45) is 0 Å². The lowest BCUT2D eigenvalue weighted by Crippen LogP contribution is -2.32. The summed E-state index contributed by atoms with van der Waals surface area (Å²) in [6, 6.07) is 8.42. The van der Waals surface area contributed by atoms with E-state index >= 15 is 0 Å². The molecule has 110 valence electrons. The molecule has 1 aromatic heterocycles. The largest absolute Gasteiger partial charge is 0.374 e. The number of carbonyl (C=O) groups excluding carboxylic acids is 1. The van der Waals surface area contributed by atoms with Crippen LogP contribution in [-0.4, -0.2) is 16.9 Å². The van der Waals surface area contributed by atoms with Crippen molar-refractivity contribution in [2.45, 2.75) is 19.9 Å². The molecule has 1 heterocycles. The molecular formula is C15H15Cl2N3O. The predicted octanol–water partition coefficient (Wildman–Crippen LogP) is 4.14. The van der Waals surface area contributed by atoms with E-state index in [1.807, 2.05) is 25.1 Å². The summed E-state index contributed by atoms with van der Waals surface area (Å²) in [5.74, 6) is 0.269. The van der Waals surface area contributed by atoms with Gasteiger partial charge in [0.2, 0.25) is 5.91 Å². The zero-order valence-corrected chi connectivity index (χ0v) is 13.2. The van der Waals surface area contributed by atoms with Crippen molar-refractivity contribution in [1.82, 2.24) is 4.98 Å². The van der Waals surface area contributed by atoms with Crippen LogP contribution in [0.25, 0.3) is 0 Å². The number of pyridine rings is 1. The highest BCUT2D eigenvalue weighted by Gasteiger charge is 2.14.